The first-order valence-electron chi connectivity index (χ1n) is 5.62. The van der Waals surface area contributed by atoms with Gasteiger partial charge in [0.2, 0.25) is 11.8 Å². The van der Waals surface area contributed by atoms with Gasteiger partial charge in [-0.15, -0.1) is 0 Å². The van der Waals surface area contributed by atoms with Crippen LogP contribution in [0, 0.1) is 0 Å². The number of hydrazine groups is 1. The quantitative estimate of drug-likeness (QED) is 0.828. The molecule has 1 aromatic heterocycles. The van der Waals surface area contributed by atoms with Crippen LogP contribution >= 0.6 is 0 Å². The molecule has 2 heterocycles. The van der Waals surface area contributed by atoms with Crippen LogP contribution in [-0.4, -0.2) is 17.6 Å². The number of nitrogens with two attached hydrogens (primary N) is 1. The Kier molecular flexibility index (Phi) is 2.40. The van der Waals surface area contributed by atoms with Gasteiger partial charge >= 0.3 is 0 Å². The minimum absolute atomic E-state index is 0.0180. The van der Waals surface area contributed by atoms with E-state index in [9.17, 15) is 4.79 Å². The molecule has 0 bridgehead atoms. The van der Waals surface area contributed by atoms with Gasteiger partial charge in [-0.3, -0.25) is 15.2 Å². The number of amides is 1. The molecule has 1 amide bonds. The normalized spacial score (nSPS) is 14.9. The lowest BCUT2D eigenvalue weighted by atomic mass is 10.1. The summed E-state index contributed by atoms with van der Waals surface area (Å²) in [6.07, 6.45) is 0.495. The Morgan fingerprint density at radius 3 is 2.89 bits per heavy atom. The van der Waals surface area contributed by atoms with Crippen molar-refractivity contribution in [1.82, 2.24) is 10.6 Å². The predicted octanol–water partition coefficient (Wildman–Crippen LogP) is 1.17. The van der Waals surface area contributed by atoms with E-state index in [1.54, 1.807) is 6.07 Å². The average molecular weight is 244 g/mol. The average Bonchev–Trinajstić information content (AvgIpc) is 2.98. The Morgan fingerprint density at radius 1 is 1.39 bits per heavy atom. The second-order valence-electron chi connectivity index (χ2n) is 4.07. The first kappa shape index (κ1) is 10.6. The van der Waals surface area contributed by atoms with Crippen molar-refractivity contribution in [2.24, 2.45) is 0 Å². The van der Waals surface area contributed by atoms with Gasteiger partial charge < -0.3 is 10.3 Å². The van der Waals surface area contributed by atoms with E-state index in [-0.39, 0.29) is 11.8 Å². The van der Waals surface area contributed by atoms with Gasteiger partial charge in [0.25, 0.3) is 0 Å². The molecule has 0 radical (unpaired) electrons. The molecule has 92 valence electrons. The second-order valence-corrected chi connectivity index (χ2v) is 4.07. The zero-order chi connectivity index (χ0) is 12.5. The van der Waals surface area contributed by atoms with Crippen molar-refractivity contribution in [2.75, 3.05) is 17.3 Å². The molecular formula is C12H12N4O2. The van der Waals surface area contributed by atoms with Crippen LogP contribution in [0.3, 0.4) is 0 Å². The first-order valence-corrected chi connectivity index (χ1v) is 5.62. The lowest BCUT2D eigenvalue weighted by Gasteiger charge is -2.19. The highest BCUT2D eigenvalue weighted by atomic mass is 16.5. The molecule has 3 N–H and O–H groups in total. The largest absolute Gasteiger partial charge is 0.368 e. The Labute approximate surface area is 103 Å². The molecular weight excluding hydrogens is 232 g/mol. The summed E-state index contributed by atoms with van der Waals surface area (Å²) in [7, 11) is 0. The maximum atomic E-state index is 11.3. The molecule has 1 saturated heterocycles. The predicted molar refractivity (Wildman–Crippen MR) is 66.5 cm³/mol. The van der Waals surface area contributed by atoms with E-state index in [2.05, 4.69) is 10.6 Å². The van der Waals surface area contributed by atoms with Crippen LogP contribution in [0.4, 0.5) is 11.6 Å². The summed E-state index contributed by atoms with van der Waals surface area (Å²) in [5.41, 5.74) is 10.7. The van der Waals surface area contributed by atoms with Crippen LogP contribution < -0.4 is 16.2 Å². The third-order valence-corrected chi connectivity index (χ3v) is 2.82. The van der Waals surface area contributed by atoms with E-state index in [0.29, 0.717) is 18.7 Å². The maximum absolute atomic E-state index is 11.3. The number of carbonyl (C=O) groups is 1. The van der Waals surface area contributed by atoms with Gasteiger partial charge in [0, 0.05) is 24.6 Å². The van der Waals surface area contributed by atoms with Gasteiger partial charge in [-0.2, -0.15) is 0 Å². The fourth-order valence-electron chi connectivity index (χ4n) is 2.00. The van der Waals surface area contributed by atoms with Crippen molar-refractivity contribution in [1.29, 1.82) is 0 Å². The number of nitrogens with zero attached hydrogens (tertiary/aromatic N) is 2. The highest BCUT2D eigenvalue weighted by Crippen LogP contribution is 2.31. The zero-order valence-electron chi connectivity index (χ0n) is 9.59. The van der Waals surface area contributed by atoms with Crippen molar-refractivity contribution in [3.05, 3.63) is 30.3 Å². The van der Waals surface area contributed by atoms with E-state index >= 15 is 0 Å². The number of hydrogen-bond acceptors (Lipinski definition) is 5. The number of carbonyl (C=O) groups excluding carboxylic acids is 1. The zero-order valence-corrected chi connectivity index (χ0v) is 9.59. The molecule has 1 aromatic carbocycles. The number of para-hydroxylation sites is 1. The summed E-state index contributed by atoms with van der Waals surface area (Å²) in [6, 6.07) is 9.31. The first-order chi connectivity index (χ1) is 8.74. The van der Waals surface area contributed by atoms with Gasteiger partial charge in [-0.25, -0.2) is 0 Å². The number of aromatic nitrogens is 1. The van der Waals surface area contributed by atoms with Crippen molar-refractivity contribution >= 4 is 17.5 Å². The van der Waals surface area contributed by atoms with E-state index in [1.165, 1.54) is 0 Å². The number of anilines is 2. The van der Waals surface area contributed by atoms with Crippen LogP contribution in [0.1, 0.15) is 6.42 Å². The molecule has 0 atom stereocenters. The lowest BCUT2D eigenvalue weighted by molar-refractivity contribution is -0.119. The van der Waals surface area contributed by atoms with Gasteiger partial charge in [-0.05, 0) is 6.07 Å². The highest BCUT2D eigenvalue weighted by Gasteiger charge is 2.22. The van der Waals surface area contributed by atoms with Crippen LogP contribution in [0.2, 0.25) is 0 Å². The highest BCUT2D eigenvalue weighted by molar-refractivity contribution is 5.85. The Balaban J connectivity index is 2.02. The number of nitrogen functional groups attached to an aromatic ring is 1. The number of nitrogens with one attached hydrogen (secondary N) is 1. The van der Waals surface area contributed by atoms with Crippen molar-refractivity contribution < 1.29 is 9.32 Å². The topological polar surface area (TPSA) is 84.4 Å². The van der Waals surface area contributed by atoms with Crippen LogP contribution in [0.5, 0.6) is 0 Å². The fraction of sp³-hybridized carbons (Fsp3) is 0.167. The van der Waals surface area contributed by atoms with E-state index in [0.717, 1.165) is 11.3 Å². The summed E-state index contributed by atoms with van der Waals surface area (Å²) < 4.78 is 4.88. The summed E-state index contributed by atoms with van der Waals surface area (Å²) in [6.45, 7) is 0.642. The van der Waals surface area contributed by atoms with Gasteiger partial charge in [0.1, 0.15) is 5.69 Å². The van der Waals surface area contributed by atoms with Crippen LogP contribution in [0.15, 0.2) is 34.9 Å². The standard InChI is InChI=1S/C12H12N4O2/c13-11-7-9(15-18-11)8-3-1-2-4-10(8)16-6-5-12(17)14-16/h1-4,7H,5-6,13H2,(H,14,17). The van der Waals surface area contributed by atoms with Crippen LogP contribution in [0.25, 0.3) is 11.3 Å². The SMILES string of the molecule is Nc1cc(-c2ccccc2N2CCC(=O)N2)no1. The lowest BCUT2D eigenvalue weighted by Crippen LogP contribution is -2.33. The molecule has 3 rings (SSSR count). The molecule has 6 heteroatoms. The molecule has 0 aliphatic carbocycles. The molecule has 0 unspecified atom stereocenters. The molecule has 1 aliphatic heterocycles. The molecule has 6 nitrogen and oxygen atoms in total. The second kappa shape index (κ2) is 4.06. The van der Waals surface area contributed by atoms with Crippen molar-refractivity contribution in [3.8, 4) is 11.3 Å². The minimum Gasteiger partial charge on any atom is -0.368 e. The summed E-state index contributed by atoms with van der Waals surface area (Å²) >= 11 is 0. The number of benzene rings is 1. The fourth-order valence-corrected chi connectivity index (χ4v) is 2.00. The molecule has 0 saturated carbocycles. The monoisotopic (exact) mass is 244 g/mol. The van der Waals surface area contributed by atoms with Gasteiger partial charge in [-0.1, -0.05) is 23.4 Å². The van der Waals surface area contributed by atoms with Crippen molar-refractivity contribution in [2.45, 2.75) is 6.42 Å². The Morgan fingerprint density at radius 2 is 2.22 bits per heavy atom. The van der Waals surface area contributed by atoms with Crippen molar-refractivity contribution in [3.63, 3.8) is 0 Å². The third kappa shape index (κ3) is 1.77. The summed E-state index contributed by atoms with van der Waals surface area (Å²) in [4.78, 5) is 11.3. The summed E-state index contributed by atoms with van der Waals surface area (Å²) in [5, 5.41) is 5.71. The number of hydrogen-bond donors (Lipinski definition) is 2. The molecule has 1 aliphatic rings. The Bertz CT molecular complexity index is 593. The summed E-state index contributed by atoms with van der Waals surface area (Å²) in [5.74, 6) is 0.287. The Hall–Kier alpha value is -2.50. The van der Waals surface area contributed by atoms with E-state index in [1.807, 2.05) is 29.3 Å². The molecule has 1 fully saturated rings. The van der Waals surface area contributed by atoms with E-state index < -0.39 is 0 Å². The maximum Gasteiger partial charge on any atom is 0.240 e. The molecule has 18 heavy (non-hydrogen) atoms. The van der Waals surface area contributed by atoms with Gasteiger partial charge in [0.05, 0.1) is 5.69 Å². The minimum atomic E-state index is 0.0180. The molecule has 0 spiro atoms. The third-order valence-electron chi connectivity index (χ3n) is 2.82. The smallest absolute Gasteiger partial charge is 0.240 e. The van der Waals surface area contributed by atoms with Crippen LogP contribution in [-0.2, 0) is 4.79 Å². The number of rotatable bonds is 2. The van der Waals surface area contributed by atoms with E-state index in [4.69, 9.17) is 10.3 Å². The molecule has 2 aromatic rings. The van der Waals surface area contributed by atoms with Gasteiger partial charge in [0.15, 0.2) is 0 Å².